The summed E-state index contributed by atoms with van der Waals surface area (Å²) in [6, 6.07) is 4.25. The van der Waals surface area contributed by atoms with Crippen LogP contribution < -0.4 is 13.8 Å². The van der Waals surface area contributed by atoms with Gasteiger partial charge in [0.25, 0.3) is 10.0 Å². The first kappa shape index (κ1) is 19.0. The van der Waals surface area contributed by atoms with E-state index in [9.17, 15) is 13.2 Å². The van der Waals surface area contributed by atoms with Gasteiger partial charge in [0.2, 0.25) is 0 Å². The Morgan fingerprint density at radius 2 is 1.92 bits per heavy atom. The number of rotatable bonds is 7. The van der Waals surface area contributed by atoms with Gasteiger partial charge in [0.05, 0.1) is 24.8 Å². The second-order valence-electron chi connectivity index (χ2n) is 4.90. The molecule has 8 nitrogen and oxygen atoms in total. The van der Waals surface area contributed by atoms with E-state index >= 15 is 0 Å². The van der Waals surface area contributed by atoms with E-state index in [0.717, 1.165) is 15.6 Å². The third-order valence-electron chi connectivity index (χ3n) is 3.42. The highest BCUT2D eigenvalue weighted by atomic mass is 32.2. The summed E-state index contributed by atoms with van der Waals surface area (Å²) in [5, 5.41) is 9.26. The van der Waals surface area contributed by atoms with Crippen molar-refractivity contribution >= 4 is 32.5 Å². The van der Waals surface area contributed by atoms with Crippen LogP contribution in [0.4, 0.5) is 5.13 Å². The predicted molar refractivity (Wildman–Crippen MR) is 93.6 cm³/mol. The molecular formula is C15H18N2O6S2. The van der Waals surface area contributed by atoms with Crippen molar-refractivity contribution in [3.63, 3.8) is 0 Å². The van der Waals surface area contributed by atoms with E-state index in [1.807, 2.05) is 0 Å². The van der Waals surface area contributed by atoms with Crippen LogP contribution in [0.1, 0.15) is 22.3 Å². The molecule has 136 valence electrons. The minimum absolute atomic E-state index is 0.00303. The van der Waals surface area contributed by atoms with Gasteiger partial charge < -0.3 is 14.6 Å². The second-order valence-corrected chi connectivity index (χ2v) is 7.74. The number of hydrogen-bond acceptors (Lipinski definition) is 7. The number of carboxylic acid groups (broad SMARTS) is 1. The summed E-state index contributed by atoms with van der Waals surface area (Å²) in [7, 11) is -1.07. The third kappa shape index (κ3) is 3.54. The van der Waals surface area contributed by atoms with Crippen molar-refractivity contribution in [2.75, 3.05) is 25.1 Å². The van der Waals surface area contributed by atoms with E-state index in [1.54, 1.807) is 6.92 Å². The average Bonchev–Trinajstić information content (AvgIpc) is 2.96. The van der Waals surface area contributed by atoms with Gasteiger partial charge in [0, 0.05) is 12.6 Å². The molecular weight excluding hydrogens is 368 g/mol. The zero-order valence-electron chi connectivity index (χ0n) is 14.1. The fourth-order valence-corrected chi connectivity index (χ4v) is 4.82. The maximum atomic E-state index is 13.0. The summed E-state index contributed by atoms with van der Waals surface area (Å²) >= 11 is 0.820. The maximum absolute atomic E-state index is 13.0. The zero-order chi connectivity index (χ0) is 18.8. The summed E-state index contributed by atoms with van der Waals surface area (Å²) < 4.78 is 37.3. The molecule has 0 spiro atoms. The lowest BCUT2D eigenvalue weighted by molar-refractivity contribution is 0.0701. The third-order valence-corrected chi connectivity index (χ3v) is 6.57. The summed E-state index contributed by atoms with van der Waals surface area (Å²) in [4.78, 5) is 15.3. The molecule has 0 amide bonds. The van der Waals surface area contributed by atoms with Crippen molar-refractivity contribution in [1.29, 1.82) is 0 Å². The topological polar surface area (TPSA) is 106 Å². The first-order valence-electron chi connectivity index (χ1n) is 7.21. The van der Waals surface area contributed by atoms with E-state index in [4.69, 9.17) is 14.6 Å². The van der Waals surface area contributed by atoms with Crippen LogP contribution in [0.3, 0.4) is 0 Å². The van der Waals surface area contributed by atoms with Crippen LogP contribution in [0, 0.1) is 6.92 Å². The fraction of sp³-hybridized carbons (Fsp3) is 0.333. The van der Waals surface area contributed by atoms with Crippen molar-refractivity contribution in [2.45, 2.75) is 18.7 Å². The first-order valence-corrected chi connectivity index (χ1v) is 9.47. The molecule has 0 bridgehead atoms. The average molecular weight is 386 g/mol. The summed E-state index contributed by atoms with van der Waals surface area (Å²) in [5.74, 6) is -0.454. The number of hydrogen-bond donors (Lipinski definition) is 1. The van der Waals surface area contributed by atoms with Crippen LogP contribution in [0.2, 0.25) is 0 Å². The molecule has 2 rings (SSSR count). The van der Waals surface area contributed by atoms with Crippen LogP contribution in [0.5, 0.6) is 11.5 Å². The van der Waals surface area contributed by atoms with Crippen molar-refractivity contribution in [2.24, 2.45) is 0 Å². The van der Waals surface area contributed by atoms with Gasteiger partial charge in [-0.05, 0) is 26.0 Å². The quantitative estimate of drug-likeness (QED) is 0.778. The number of sulfonamides is 1. The highest BCUT2D eigenvalue weighted by Gasteiger charge is 2.29. The van der Waals surface area contributed by atoms with Gasteiger partial charge >= 0.3 is 5.97 Å². The van der Waals surface area contributed by atoms with Crippen LogP contribution >= 0.6 is 11.3 Å². The lowest BCUT2D eigenvalue weighted by atomic mass is 10.3. The molecule has 0 unspecified atom stereocenters. The van der Waals surface area contributed by atoms with E-state index in [-0.39, 0.29) is 32.9 Å². The second kappa shape index (κ2) is 7.28. The molecule has 1 aromatic heterocycles. The van der Waals surface area contributed by atoms with Crippen LogP contribution in [0.25, 0.3) is 0 Å². The van der Waals surface area contributed by atoms with Gasteiger partial charge in [-0.1, -0.05) is 11.3 Å². The number of carboxylic acids is 1. The van der Waals surface area contributed by atoms with Crippen molar-refractivity contribution in [3.8, 4) is 11.5 Å². The van der Waals surface area contributed by atoms with Gasteiger partial charge in [0.15, 0.2) is 16.6 Å². The van der Waals surface area contributed by atoms with E-state index in [1.165, 1.54) is 39.3 Å². The molecule has 10 heteroatoms. The van der Waals surface area contributed by atoms with Gasteiger partial charge in [-0.3, -0.25) is 0 Å². The van der Waals surface area contributed by atoms with Crippen LogP contribution in [-0.4, -0.2) is 45.2 Å². The molecule has 1 aromatic carbocycles. The number of aromatic nitrogens is 1. The maximum Gasteiger partial charge on any atom is 0.347 e. The number of ether oxygens (including phenoxy) is 2. The Labute approximate surface area is 149 Å². The smallest absolute Gasteiger partial charge is 0.347 e. The van der Waals surface area contributed by atoms with Gasteiger partial charge in [-0.15, -0.1) is 0 Å². The molecule has 0 aliphatic heterocycles. The van der Waals surface area contributed by atoms with Crippen molar-refractivity contribution < 1.29 is 27.8 Å². The normalized spacial score (nSPS) is 11.2. The van der Waals surface area contributed by atoms with E-state index in [2.05, 4.69) is 4.98 Å². The highest BCUT2D eigenvalue weighted by molar-refractivity contribution is 7.93. The van der Waals surface area contributed by atoms with Crippen LogP contribution in [-0.2, 0) is 10.0 Å². The minimum Gasteiger partial charge on any atom is -0.493 e. The number of methoxy groups -OCH3 is 2. The number of carbonyl (C=O) groups is 1. The monoisotopic (exact) mass is 386 g/mol. The largest absolute Gasteiger partial charge is 0.493 e. The molecule has 0 radical (unpaired) electrons. The van der Waals surface area contributed by atoms with Crippen molar-refractivity contribution in [3.05, 3.63) is 28.8 Å². The van der Waals surface area contributed by atoms with E-state index in [0.29, 0.717) is 5.75 Å². The Morgan fingerprint density at radius 3 is 2.40 bits per heavy atom. The molecule has 0 fully saturated rings. The van der Waals surface area contributed by atoms with Gasteiger partial charge in [-0.25, -0.2) is 22.5 Å². The molecule has 2 aromatic rings. The Kier molecular flexibility index (Phi) is 5.53. The summed E-state index contributed by atoms with van der Waals surface area (Å²) in [5.41, 5.74) is 0.272. The lowest BCUT2D eigenvalue weighted by Gasteiger charge is -2.20. The lowest BCUT2D eigenvalue weighted by Crippen LogP contribution is -2.30. The first-order chi connectivity index (χ1) is 11.8. The SMILES string of the molecule is CCN(c1nc(C)c(C(=O)O)s1)S(=O)(=O)c1ccc(OC)c(OC)c1. The van der Waals surface area contributed by atoms with Crippen molar-refractivity contribution in [1.82, 2.24) is 4.98 Å². The number of aryl methyl sites for hydroxylation is 1. The molecule has 0 saturated heterocycles. The number of anilines is 1. The Bertz CT molecular complexity index is 891. The Hall–Kier alpha value is -2.33. The summed E-state index contributed by atoms with van der Waals surface area (Å²) in [6.07, 6.45) is 0. The Balaban J connectivity index is 2.52. The predicted octanol–water partition coefficient (Wildman–Crippen LogP) is 2.38. The highest BCUT2D eigenvalue weighted by Crippen LogP contribution is 2.34. The molecule has 0 aliphatic rings. The minimum atomic E-state index is -3.94. The number of thiazole rings is 1. The number of aromatic carboxylic acids is 1. The molecule has 0 aliphatic carbocycles. The number of nitrogens with zero attached hydrogens (tertiary/aromatic N) is 2. The van der Waals surface area contributed by atoms with Gasteiger partial charge in [0.1, 0.15) is 4.88 Å². The van der Waals surface area contributed by atoms with Crippen LogP contribution in [0.15, 0.2) is 23.1 Å². The molecule has 25 heavy (non-hydrogen) atoms. The van der Waals surface area contributed by atoms with E-state index < -0.39 is 16.0 Å². The molecule has 1 heterocycles. The molecule has 1 N–H and O–H groups in total. The van der Waals surface area contributed by atoms with Gasteiger partial charge in [-0.2, -0.15) is 0 Å². The summed E-state index contributed by atoms with van der Waals surface area (Å²) in [6.45, 7) is 3.28. The standard InChI is InChI=1S/C15H18N2O6S2/c1-5-17(15-16-9(2)13(24-15)14(18)19)25(20,21)10-6-7-11(22-3)12(8-10)23-4/h6-8H,5H2,1-4H3,(H,18,19). The molecule has 0 atom stereocenters. The zero-order valence-corrected chi connectivity index (χ0v) is 15.8. The Morgan fingerprint density at radius 1 is 1.28 bits per heavy atom. The fourth-order valence-electron chi connectivity index (χ4n) is 2.20. The molecule has 0 saturated carbocycles. The number of benzene rings is 1.